The Bertz CT molecular complexity index is 1500. The monoisotopic (exact) mass is 580 g/mol. The zero-order valence-corrected chi connectivity index (χ0v) is 24.8. The van der Waals surface area contributed by atoms with E-state index in [0.717, 1.165) is 86.6 Å². The Kier molecular flexibility index (Phi) is 9.66. The number of hydrogen-bond donors (Lipinski definition) is 1. The predicted molar refractivity (Wildman–Crippen MR) is 164 cm³/mol. The van der Waals surface area contributed by atoms with Crippen molar-refractivity contribution in [1.82, 2.24) is 19.6 Å². The molecular weight excluding hydrogens is 540 g/mol. The molecule has 0 aliphatic carbocycles. The zero-order valence-electron chi connectivity index (χ0n) is 24.8. The maximum absolute atomic E-state index is 9.35. The van der Waals surface area contributed by atoms with Crippen molar-refractivity contribution in [3.05, 3.63) is 95.2 Å². The quantitative estimate of drug-likeness (QED) is 0.251. The SMILES string of the molecule is C[C@H](OC1CCCCO1)c1nccn1Cc1cc(-c2ccc(C#Cc3ccc(CN4CCC(CO)CC4)cc3)cc2)on1. The molecular formula is C35H40N4O4. The molecule has 2 fully saturated rings. The van der Waals surface area contributed by atoms with Crippen molar-refractivity contribution in [1.29, 1.82) is 0 Å². The lowest BCUT2D eigenvalue weighted by atomic mass is 9.97. The number of nitrogens with zero attached hydrogens (tertiary/aromatic N) is 4. The van der Waals surface area contributed by atoms with Crippen molar-refractivity contribution in [2.24, 2.45) is 5.92 Å². The van der Waals surface area contributed by atoms with Crippen LogP contribution >= 0.6 is 0 Å². The highest BCUT2D eigenvalue weighted by atomic mass is 16.7. The van der Waals surface area contributed by atoms with Crippen molar-refractivity contribution in [3.8, 4) is 23.2 Å². The van der Waals surface area contributed by atoms with E-state index in [1.807, 2.05) is 48.0 Å². The summed E-state index contributed by atoms with van der Waals surface area (Å²) in [6.07, 6.45) is 8.67. The van der Waals surface area contributed by atoms with E-state index in [0.29, 0.717) is 24.8 Å². The fraction of sp³-hybridized carbons (Fsp3) is 0.429. The number of aliphatic hydroxyl groups excluding tert-OH is 1. The number of likely N-dealkylation sites (tertiary alicyclic amines) is 1. The smallest absolute Gasteiger partial charge is 0.167 e. The first-order chi connectivity index (χ1) is 21.1. The van der Waals surface area contributed by atoms with Crippen LogP contribution in [0.5, 0.6) is 0 Å². The minimum atomic E-state index is -0.183. The number of aromatic nitrogens is 3. The molecule has 1 N–H and O–H groups in total. The molecule has 2 aromatic carbocycles. The van der Waals surface area contributed by atoms with Gasteiger partial charge in [-0.05, 0) is 100.0 Å². The van der Waals surface area contributed by atoms with Crippen LogP contribution in [0.25, 0.3) is 11.3 Å². The van der Waals surface area contributed by atoms with Gasteiger partial charge in [0.05, 0.1) is 6.54 Å². The van der Waals surface area contributed by atoms with Crippen LogP contribution in [0.4, 0.5) is 0 Å². The van der Waals surface area contributed by atoms with Crippen LogP contribution in [-0.4, -0.2) is 57.3 Å². The lowest BCUT2D eigenvalue weighted by Crippen LogP contribution is -2.34. The van der Waals surface area contributed by atoms with E-state index in [-0.39, 0.29) is 12.4 Å². The zero-order chi connectivity index (χ0) is 29.4. The molecule has 8 nitrogen and oxygen atoms in total. The maximum Gasteiger partial charge on any atom is 0.167 e. The van der Waals surface area contributed by atoms with E-state index in [4.69, 9.17) is 14.0 Å². The topological polar surface area (TPSA) is 85.8 Å². The van der Waals surface area contributed by atoms with Gasteiger partial charge in [0.1, 0.15) is 17.6 Å². The third-order valence-corrected chi connectivity index (χ3v) is 8.34. The van der Waals surface area contributed by atoms with Gasteiger partial charge in [-0.1, -0.05) is 29.1 Å². The largest absolute Gasteiger partial charge is 0.396 e. The molecule has 0 amide bonds. The second-order valence-corrected chi connectivity index (χ2v) is 11.6. The van der Waals surface area contributed by atoms with Gasteiger partial charge in [-0.25, -0.2) is 4.98 Å². The third kappa shape index (κ3) is 7.81. The van der Waals surface area contributed by atoms with Gasteiger partial charge in [0.2, 0.25) is 0 Å². The van der Waals surface area contributed by atoms with E-state index < -0.39 is 0 Å². The van der Waals surface area contributed by atoms with Crippen molar-refractivity contribution in [3.63, 3.8) is 0 Å². The van der Waals surface area contributed by atoms with Gasteiger partial charge in [0.25, 0.3) is 0 Å². The molecule has 8 heteroatoms. The molecule has 6 rings (SSSR count). The summed E-state index contributed by atoms with van der Waals surface area (Å²) in [6.45, 7) is 6.67. The summed E-state index contributed by atoms with van der Waals surface area (Å²) >= 11 is 0. The van der Waals surface area contributed by atoms with Gasteiger partial charge in [-0.2, -0.15) is 0 Å². The first-order valence-electron chi connectivity index (χ1n) is 15.4. The third-order valence-electron chi connectivity index (χ3n) is 8.34. The van der Waals surface area contributed by atoms with Crippen molar-refractivity contribution in [2.75, 3.05) is 26.3 Å². The summed E-state index contributed by atoms with van der Waals surface area (Å²) in [4.78, 5) is 6.99. The summed E-state index contributed by atoms with van der Waals surface area (Å²) in [7, 11) is 0. The number of rotatable bonds is 9. The molecule has 4 aromatic rings. The first kappa shape index (κ1) is 29.3. The number of imidazole rings is 1. The molecule has 43 heavy (non-hydrogen) atoms. The number of benzene rings is 2. The highest BCUT2D eigenvalue weighted by Crippen LogP contribution is 2.25. The molecule has 0 bridgehead atoms. The van der Waals surface area contributed by atoms with Crippen LogP contribution < -0.4 is 0 Å². The highest BCUT2D eigenvalue weighted by molar-refractivity contribution is 5.59. The number of ether oxygens (including phenoxy) is 2. The van der Waals surface area contributed by atoms with Gasteiger partial charge in [0.15, 0.2) is 12.1 Å². The molecule has 2 atom stereocenters. The standard InChI is InChI=1S/C35H40N4O4/c1-26(42-34-4-2-3-21-41-34)35-36-17-20-39(35)24-32-22-33(43-37-32)31-13-11-28(12-14-31)6-5-27-7-9-29(10-8-27)23-38-18-15-30(25-40)16-19-38/h7-14,17,20,22,26,30,34,40H,2-4,15-16,18-19,21,23-25H2,1H3/t26-,34?/m0/s1. The summed E-state index contributed by atoms with van der Waals surface area (Å²) < 4.78 is 19.6. The normalized spacial score (nSPS) is 18.7. The van der Waals surface area contributed by atoms with Gasteiger partial charge in [-0.3, -0.25) is 4.90 Å². The van der Waals surface area contributed by atoms with E-state index in [1.54, 1.807) is 6.20 Å². The van der Waals surface area contributed by atoms with Gasteiger partial charge < -0.3 is 23.7 Å². The lowest BCUT2D eigenvalue weighted by Gasteiger charge is -2.31. The highest BCUT2D eigenvalue weighted by Gasteiger charge is 2.22. The minimum Gasteiger partial charge on any atom is -0.396 e. The Balaban J connectivity index is 1.03. The van der Waals surface area contributed by atoms with Gasteiger partial charge >= 0.3 is 0 Å². The fourth-order valence-electron chi connectivity index (χ4n) is 5.76. The van der Waals surface area contributed by atoms with E-state index in [2.05, 4.69) is 51.1 Å². The number of aliphatic hydroxyl groups is 1. The molecule has 4 heterocycles. The average molecular weight is 581 g/mol. The Labute approximate surface area is 253 Å². The molecule has 2 aliphatic heterocycles. The van der Waals surface area contributed by atoms with Crippen molar-refractivity contribution < 1.29 is 19.1 Å². The van der Waals surface area contributed by atoms with Crippen LogP contribution in [0.3, 0.4) is 0 Å². The summed E-state index contributed by atoms with van der Waals surface area (Å²) in [5.74, 6) is 8.58. The van der Waals surface area contributed by atoms with E-state index >= 15 is 0 Å². The number of hydrogen-bond acceptors (Lipinski definition) is 7. The molecule has 1 unspecified atom stereocenters. The minimum absolute atomic E-state index is 0.169. The predicted octanol–water partition coefficient (Wildman–Crippen LogP) is 5.79. The van der Waals surface area contributed by atoms with Gasteiger partial charge in [0, 0.05) is 54.9 Å². The van der Waals surface area contributed by atoms with Crippen LogP contribution in [-0.2, 0) is 22.6 Å². The Morgan fingerprint density at radius 2 is 1.72 bits per heavy atom. The van der Waals surface area contributed by atoms with Crippen LogP contribution in [0.2, 0.25) is 0 Å². The Morgan fingerprint density at radius 3 is 2.42 bits per heavy atom. The second kappa shape index (κ2) is 14.2. The second-order valence-electron chi connectivity index (χ2n) is 11.6. The lowest BCUT2D eigenvalue weighted by molar-refractivity contribution is -0.188. The van der Waals surface area contributed by atoms with Crippen LogP contribution in [0.1, 0.15) is 73.3 Å². The summed E-state index contributed by atoms with van der Waals surface area (Å²) in [5, 5.41) is 13.7. The van der Waals surface area contributed by atoms with Crippen LogP contribution in [0, 0.1) is 17.8 Å². The van der Waals surface area contributed by atoms with E-state index in [9.17, 15) is 5.11 Å². The average Bonchev–Trinajstić information content (AvgIpc) is 3.72. The van der Waals surface area contributed by atoms with Crippen LogP contribution in [0.15, 0.2) is 71.5 Å². The Hall–Kier alpha value is -3.74. The van der Waals surface area contributed by atoms with Crippen molar-refractivity contribution in [2.45, 2.75) is 64.5 Å². The van der Waals surface area contributed by atoms with E-state index in [1.165, 1.54) is 5.56 Å². The molecule has 2 saturated heterocycles. The number of piperidine rings is 1. The first-order valence-corrected chi connectivity index (χ1v) is 15.4. The maximum atomic E-state index is 9.35. The fourth-order valence-corrected chi connectivity index (χ4v) is 5.76. The Morgan fingerprint density at radius 1 is 0.977 bits per heavy atom. The van der Waals surface area contributed by atoms with Gasteiger partial charge in [-0.15, -0.1) is 0 Å². The summed E-state index contributed by atoms with van der Waals surface area (Å²) in [6, 6.07) is 18.5. The molecule has 224 valence electrons. The molecule has 2 aromatic heterocycles. The molecule has 0 spiro atoms. The molecule has 0 saturated carbocycles. The molecule has 0 radical (unpaired) electrons. The van der Waals surface area contributed by atoms with Crippen molar-refractivity contribution >= 4 is 0 Å². The molecule has 2 aliphatic rings. The summed E-state index contributed by atoms with van der Waals surface area (Å²) in [5.41, 5.74) is 5.01.